The van der Waals surface area contributed by atoms with Gasteiger partial charge < -0.3 is 10.1 Å². The number of nitrogens with zero attached hydrogens (tertiary/aromatic N) is 1. The van der Waals surface area contributed by atoms with Crippen molar-refractivity contribution in [3.05, 3.63) is 101 Å². The van der Waals surface area contributed by atoms with E-state index >= 15 is 0 Å². The van der Waals surface area contributed by atoms with Crippen LogP contribution in [0.1, 0.15) is 60.3 Å². The fourth-order valence-corrected chi connectivity index (χ4v) is 8.01. The van der Waals surface area contributed by atoms with E-state index < -0.39 is 57.2 Å². The Kier molecular flexibility index (Phi) is 7.17. The van der Waals surface area contributed by atoms with Crippen LogP contribution in [-0.2, 0) is 28.9 Å². The molecule has 3 amide bonds. The molecule has 0 radical (unpaired) electrons. The van der Waals surface area contributed by atoms with Gasteiger partial charge in [-0.15, -0.1) is 23.2 Å². The zero-order valence-electron chi connectivity index (χ0n) is 24.3. The van der Waals surface area contributed by atoms with Crippen LogP contribution < -0.4 is 5.32 Å². The number of carbonyl (C=O) groups excluding carboxylic acids is 4. The van der Waals surface area contributed by atoms with Crippen molar-refractivity contribution < 1.29 is 23.9 Å². The third-order valence-electron chi connectivity index (χ3n) is 8.73. The first-order chi connectivity index (χ1) is 20.4. The molecule has 0 spiro atoms. The van der Waals surface area contributed by atoms with Gasteiger partial charge in [0.1, 0.15) is 15.8 Å². The average molecular weight is 620 g/mol. The van der Waals surface area contributed by atoms with Gasteiger partial charge in [0, 0.05) is 5.69 Å². The van der Waals surface area contributed by atoms with E-state index in [0.29, 0.717) is 40.1 Å². The predicted molar refractivity (Wildman–Crippen MR) is 164 cm³/mol. The SMILES string of the molecule is CC(C)COC(=O)c1ccc(NC(=O)[C@H](C(C)C)N2C(=O)[C@@H]3[C@@H](C2=O)C2(Cl)c4ccccc4C3(Cl)c3ccccc32)cc1. The minimum Gasteiger partial charge on any atom is -0.462 e. The maximum atomic E-state index is 14.4. The topological polar surface area (TPSA) is 92.8 Å². The summed E-state index contributed by atoms with van der Waals surface area (Å²) in [6, 6.07) is 20.0. The van der Waals surface area contributed by atoms with E-state index in [1.54, 1.807) is 38.1 Å². The van der Waals surface area contributed by atoms with E-state index in [4.69, 9.17) is 27.9 Å². The summed E-state index contributed by atoms with van der Waals surface area (Å²) in [6.45, 7) is 7.77. The summed E-state index contributed by atoms with van der Waals surface area (Å²) >= 11 is 15.0. The molecule has 3 aliphatic carbocycles. The van der Waals surface area contributed by atoms with Gasteiger partial charge >= 0.3 is 5.97 Å². The van der Waals surface area contributed by atoms with Gasteiger partial charge in [0.2, 0.25) is 17.7 Å². The molecule has 0 saturated carbocycles. The lowest BCUT2D eigenvalue weighted by Crippen LogP contribution is -2.57. The number of alkyl halides is 2. The Morgan fingerprint density at radius 1 is 0.791 bits per heavy atom. The molecule has 7 rings (SSSR count). The Balaban J connectivity index is 1.33. The van der Waals surface area contributed by atoms with E-state index in [2.05, 4.69) is 5.32 Å². The number of esters is 1. The molecule has 3 aromatic rings. The highest BCUT2D eigenvalue weighted by Crippen LogP contribution is 2.69. The number of hydrogen-bond donors (Lipinski definition) is 1. The van der Waals surface area contributed by atoms with Gasteiger partial charge in [-0.25, -0.2) is 4.79 Å². The molecule has 0 unspecified atom stereocenters. The molecule has 3 atom stereocenters. The Labute approximate surface area is 260 Å². The molecule has 0 aromatic heterocycles. The number of anilines is 1. The number of imide groups is 1. The van der Waals surface area contributed by atoms with Crippen molar-refractivity contribution in [1.29, 1.82) is 0 Å². The highest BCUT2D eigenvalue weighted by molar-refractivity contribution is 6.36. The zero-order valence-corrected chi connectivity index (χ0v) is 25.8. The Bertz CT molecular complexity index is 1530. The van der Waals surface area contributed by atoms with Crippen molar-refractivity contribution in [2.75, 3.05) is 11.9 Å². The van der Waals surface area contributed by atoms with Gasteiger partial charge in [-0.2, -0.15) is 0 Å². The molecule has 3 aromatic carbocycles. The third kappa shape index (κ3) is 4.23. The second kappa shape index (κ2) is 10.5. The maximum absolute atomic E-state index is 14.4. The molecular formula is C34H32Cl2N2O5. The molecule has 1 saturated heterocycles. The molecule has 2 bridgehead atoms. The largest absolute Gasteiger partial charge is 0.462 e. The Hall–Kier alpha value is -3.68. The summed E-state index contributed by atoms with van der Waals surface area (Å²) in [5.41, 5.74) is 3.57. The van der Waals surface area contributed by atoms with Gasteiger partial charge in [-0.1, -0.05) is 76.2 Å². The van der Waals surface area contributed by atoms with Crippen LogP contribution in [0.4, 0.5) is 5.69 Å². The number of halogens is 2. The van der Waals surface area contributed by atoms with Crippen LogP contribution in [0.5, 0.6) is 0 Å². The molecule has 43 heavy (non-hydrogen) atoms. The summed E-state index contributed by atoms with van der Waals surface area (Å²) < 4.78 is 5.27. The quantitative estimate of drug-likeness (QED) is 0.197. The lowest BCUT2D eigenvalue weighted by molar-refractivity contribution is -0.148. The number of hydrogen-bond acceptors (Lipinski definition) is 5. The number of rotatable bonds is 7. The maximum Gasteiger partial charge on any atom is 0.338 e. The number of benzene rings is 3. The summed E-state index contributed by atoms with van der Waals surface area (Å²) in [5.74, 6) is -4.21. The number of nitrogens with one attached hydrogen (secondary N) is 1. The van der Waals surface area contributed by atoms with Crippen molar-refractivity contribution in [2.24, 2.45) is 23.7 Å². The predicted octanol–water partition coefficient (Wildman–Crippen LogP) is 6.06. The highest BCUT2D eigenvalue weighted by atomic mass is 35.5. The van der Waals surface area contributed by atoms with Crippen LogP contribution in [0.3, 0.4) is 0 Å². The first kappa shape index (κ1) is 29.4. The first-order valence-corrected chi connectivity index (χ1v) is 15.2. The fourth-order valence-electron chi connectivity index (χ4n) is 6.91. The standard InChI is InChI=1S/C34H32Cl2N2O5/c1-18(2)17-43-32(42)20-13-15-21(16-14-20)37-29(39)28(19(3)4)38-30(40)26-27(31(38)41)34(36)23-10-6-5-9-22(23)33(26,35)24-11-7-8-12-25(24)34/h5-16,18-19,26-28H,17H2,1-4H3,(H,37,39)/t26-,27-,28-,33?,34?/m0/s1. The molecule has 1 fully saturated rings. The second-order valence-corrected chi connectivity index (χ2v) is 13.5. The lowest BCUT2D eigenvalue weighted by Gasteiger charge is -2.54. The molecule has 1 N–H and O–H groups in total. The minimum atomic E-state index is -1.33. The van der Waals surface area contributed by atoms with Crippen LogP contribution >= 0.6 is 23.2 Å². The average Bonchev–Trinajstić information content (AvgIpc) is 3.25. The van der Waals surface area contributed by atoms with Crippen molar-refractivity contribution in [3.8, 4) is 0 Å². The van der Waals surface area contributed by atoms with Crippen LogP contribution in [0.25, 0.3) is 0 Å². The molecule has 222 valence electrons. The van der Waals surface area contributed by atoms with Crippen molar-refractivity contribution in [3.63, 3.8) is 0 Å². The molecular weight excluding hydrogens is 587 g/mol. The number of carbonyl (C=O) groups is 4. The van der Waals surface area contributed by atoms with Gasteiger partial charge in [-0.3, -0.25) is 19.3 Å². The van der Waals surface area contributed by atoms with Crippen LogP contribution in [0.15, 0.2) is 72.8 Å². The second-order valence-electron chi connectivity index (χ2n) is 12.3. The van der Waals surface area contributed by atoms with Gasteiger partial charge in [0.25, 0.3) is 0 Å². The first-order valence-electron chi connectivity index (χ1n) is 14.4. The minimum absolute atomic E-state index is 0.205. The number of ether oxygens (including phenoxy) is 1. The number of amides is 3. The lowest BCUT2D eigenvalue weighted by atomic mass is 9.54. The van der Waals surface area contributed by atoms with Gasteiger partial charge in [-0.05, 0) is 58.4 Å². The molecule has 1 heterocycles. The fraction of sp³-hybridized carbons (Fsp3) is 0.353. The summed E-state index contributed by atoms with van der Waals surface area (Å²) in [6.07, 6.45) is 0. The van der Waals surface area contributed by atoms with Crippen LogP contribution in [0.2, 0.25) is 0 Å². The van der Waals surface area contributed by atoms with E-state index in [-0.39, 0.29) is 5.92 Å². The smallest absolute Gasteiger partial charge is 0.338 e. The van der Waals surface area contributed by atoms with Crippen LogP contribution in [-0.4, -0.2) is 41.2 Å². The molecule has 7 nitrogen and oxygen atoms in total. The zero-order chi connectivity index (χ0) is 30.8. The normalized spacial score (nSPS) is 25.8. The summed E-state index contributed by atoms with van der Waals surface area (Å²) in [7, 11) is 0. The Morgan fingerprint density at radius 3 is 1.63 bits per heavy atom. The van der Waals surface area contributed by atoms with E-state index in [0.717, 1.165) is 4.90 Å². The van der Waals surface area contributed by atoms with Gasteiger partial charge in [0.05, 0.1) is 24.0 Å². The highest BCUT2D eigenvalue weighted by Gasteiger charge is 2.73. The molecule has 9 heteroatoms. The van der Waals surface area contributed by atoms with Crippen molar-refractivity contribution in [2.45, 2.75) is 43.5 Å². The summed E-state index contributed by atoms with van der Waals surface area (Å²) in [5, 5.41) is 2.83. The van der Waals surface area contributed by atoms with Crippen LogP contribution in [0, 0.1) is 23.7 Å². The van der Waals surface area contributed by atoms with E-state index in [1.807, 2.05) is 62.4 Å². The van der Waals surface area contributed by atoms with Crippen molar-refractivity contribution >= 4 is 52.6 Å². The van der Waals surface area contributed by atoms with E-state index in [1.165, 1.54) is 0 Å². The summed E-state index contributed by atoms with van der Waals surface area (Å²) in [4.78, 5) is 53.3. The monoisotopic (exact) mass is 618 g/mol. The Morgan fingerprint density at radius 2 is 1.23 bits per heavy atom. The molecule has 4 aliphatic rings. The van der Waals surface area contributed by atoms with Crippen molar-refractivity contribution in [1.82, 2.24) is 4.90 Å². The number of likely N-dealkylation sites (tertiary alicyclic amines) is 1. The molecule has 1 aliphatic heterocycles. The van der Waals surface area contributed by atoms with E-state index in [9.17, 15) is 19.2 Å². The van der Waals surface area contributed by atoms with Gasteiger partial charge in [0.15, 0.2) is 0 Å². The third-order valence-corrected chi connectivity index (χ3v) is 10.0.